The van der Waals surface area contributed by atoms with Crippen LogP contribution >= 0.6 is 11.3 Å². The first-order valence-corrected chi connectivity index (χ1v) is 10.4. The summed E-state index contributed by atoms with van der Waals surface area (Å²) in [6.07, 6.45) is 1.85. The summed E-state index contributed by atoms with van der Waals surface area (Å²) in [7, 11) is 0. The van der Waals surface area contributed by atoms with Gasteiger partial charge < -0.3 is 10.3 Å². The maximum atomic E-state index is 13.5. The highest BCUT2D eigenvalue weighted by Gasteiger charge is 2.20. The molecule has 4 aromatic rings. The number of hydrogen-bond donors (Lipinski definition) is 2. The molecule has 156 valence electrons. The number of H-pyrrole nitrogens is 1. The van der Waals surface area contributed by atoms with Crippen LogP contribution in [-0.4, -0.2) is 25.8 Å². The fourth-order valence-electron chi connectivity index (χ4n) is 3.14. The second-order valence-corrected chi connectivity index (χ2v) is 7.70. The number of thiazole rings is 1. The number of carbonyl (C=O) groups excluding carboxylic acids is 1. The Hall–Kier alpha value is -3.72. The van der Waals surface area contributed by atoms with Crippen molar-refractivity contribution in [3.05, 3.63) is 98.2 Å². The van der Waals surface area contributed by atoms with Crippen molar-refractivity contribution >= 4 is 17.2 Å². The Labute approximate surface area is 181 Å². The Kier molecular flexibility index (Phi) is 5.94. The van der Waals surface area contributed by atoms with Gasteiger partial charge in [0, 0.05) is 18.7 Å². The van der Waals surface area contributed by atoms with Gasteiger partial charge >= 0.3 is 0 Å². The summed E-state index contributed by atoms with van der Waals surface area (Å²) in [5, 5.41) is 2.96. The topological polar surface area (TPSA) is 101 Å². The summed E-state index contributed by atoms with van der Waals surface area (Å²) in [5.41, 5.74) is 3.61. The number of rotatable bonds is 6. The van der Waals surface area contributed by atoms with Crippen molar-refractivity contribution in [2.75, 3.05) is 0 Å². The molecule has 0 saturated carbocycles. The van der Waals surface area contributed by atoms with Crippen LogP contribution < -0.4 is 10.9 Å². The van der Waals surface area contributed by atoms with Gasteiger partial charge in [0.15, 0.2) is 5.82 Å². The van der Waals surface area contributed by atoms with E-state index in [-0.39, 0.29) is 23.7 Å². The van der Waals surface area contributed by atoms with E-state index in [9.17, 15) is 14.0 Å². The predicted octanol–water partition coefficient (Wildman–Crippen LogP) is 3.45. The lowest BCUT2D eigenvalue weighted by Gasteiger charge is -2.19. The van der Waals surface area contributed by atoms with Gasteiger partial charge in [-0.1, -0.05) is 18.2 Å². The van der Waals surface area contributed by atoms with Crippen molar-refractivity contribution < 1.29 is 9.18 Å². The van der Waals surface area contributed by atoms with Gasteiger partial charge in [-0.3, -0.25) is 14.6 Å². The number of hydrogen-bond acceptors (Lipinski definition) is 6. The van der Waals surface area contributed by atoms with Crippen molar-refractivity contribution in [3.8, 4) is 11.5 Å². The van der Waals surface area contributed by atoms with Gasteiger partial charge in [0.1, 0.15) is 16.4 Å². The number of carbonyl (C=O) groups is 1. The van der Waals surface area contributed by atoms with Gasteiger partial charge in [-0.2, -0.15) is 0 Å². The fraction of sp³-hybridized carbons (Fsp3) is 0.136. The van der Waals surface area contributed by atoms with Gasteiger partial charge in [-0.15, -0.1) is 11.3 Å². The number of aromatic amines is 1. The number of nitrogens with zero attached hydrogens (tertiary/aromatic N) is 3. The first-order valence-electron chi connectivity index (χ1n) is 9.47. The summed E-state index contributed by atoms with van der Waals surface area (Å²) in [6.45, 7) is 1.76. The monoisotopic (exact) mass is 435 g/mol. The lowest BCUT2D eigenvalue weighted by atomic mass is 10.0. The van der Waals surface area contributed by atoms with Gasteiger partial charge in [0.25, 0.3) is 11.5 Å². The highest BCUT2D eigenvalue weighted by Crippen LogP contribution is 2.21. The molecule has 31 heavy (non-hydrogen) atoms. The molecule has 0 aliphatic carbocycles. The quantitative estimate of drug-likeness (QED) is 0.483. The molecule has 0 aliphatic heterocycles. The molecule has 2 N–H and O–H groups in total. The largest absolute Gasteiger partial charge is 0.344 e. The Morgan fingerprint density at radius 1 is 1.19 bits per heavy atom. The molecule has 0 bridgehead atoms. The van der Waals surface area contributed by atoms with Crippen LogP contribution in [-0.2, 0) is 6.42 Å². The summed E-state index contributed by atoms with van der Waals surface area (Å²) < 4.78 is 13.5. The molecule has 0 spiro atoms. The molecule has 0 aliphatic rings. The van der Waals surface area contributed by atoms with Crippen LogP contribution in [0.5, 0.6) is 0 Å². The molecule has 0 unspecified atom stereocenters. The van der Waals surface area contributed by atoms with Gasteiger partial charge in [0.2, 0.25) is 0 Å². The Morgan fingerprint density at radius 3 is 2.68 bits per heavy atom. The summed E-state index contributed by atoms with van der Waals surface area (Å²) in [5.74, 6) is -0.325. The standard InChI is InChI=1S/C22H18FN5O2S/c1-13-20(31-12-25-13)22(30)27-18(14-5-7-15(23)8-6-14)10-16-11-19(29)28-21(26-16)17-4-2-3-9-24-17/h2-9,11-12,18H,10H2,1H3,(H,27,30)(H,26,28,29)/t18-/m1/s1. The van der Waals surface area contributed by atoms with Crippen molar-refractivity contribution in [2.24, 2.45) is 0 Å². The van der Waals surface area contributed by atoms with Crippen LogP contribution in [0.4, 0.5) is 4.39 Å². The lowest BCUT2D eigenvalue weighted by Crippen LogP contribution is -2.30. The highest BCUT2D eigenvalue weighted by atomic mass is 32.1. The molecule has 0 saturated heterocycles. The molecule has 1 atom stereocenters. The van der Waals surface area contributed by atoms with Crippen molar-refractivity contribution in [1.82, 2.24) is 25.3 Å². The highest BCUT2D eigenvalue weighted by molar-refractivity contribution is 7.11. The SMILES string of the molecule is Cc1ncsc1C(=O)N[C@H](Cc1cc(=O)[nH]c(-c2ccccn2)n1)c1ccc(F)cc1. The molecule has 3 heterocycles. The third-order valence-electron chi connectivity index (χ3n) is 4.64. The smallest absolute Gasteiger partial charge is 0.263 e. The maximum absolute atomic E-state index is 13.5. The van der Waals surface area contributed by atoms with E-state index in [2.05, 4.69) is 25.3 Å². The van der Waals surface area contributed by atoms with Crippen LogP contribution in [0.3, 0.4) is 0 Å². The van der Waals surface area contributed by atoms with E-state index in [0.29, 0.717) is 33.3 Å². The first kappa shape index (κ1) is 20.5. The van der Waals surface area contributed by atoms with Crippen LogP contribution in [0, 0.1) is 12.7 Å². The predicted molar refractivity (Wildman–Crippen MR) is 115 cm³/mol. The number of aryl methyl sites for hydroxylation is 1. The molecule has 1 aromatic carbocycles. The lowest BCUT2D eigenvalue weighted by molar-refractivity contribution is 0.0939. The van der Waals surface area contributed by atoms with Crippen LogP contribution in [0.15, 0.2) is 65.0 Å². The molecule has 1 amide bonds. The number of pyridine rings is 1. The minimum absolute atomic E-state index is 0.235. The molecule has 9 heteroatoms. The average Bonchev–Trinajstić information content (AvgIpc) is 3.20. The minimum Gasteiger partial charge on any atom is -0.344 e. The number of aromatic nitrogens is 4. The average molecular weight is 435 g/mol. The number of halogens is 1. The fourth-order valence-corrected chi connectivity index (χ4v) is 3.84. The summed E-state index contributed by atoms with van der Waals surface area (Å²) >= 11 is 1.24. The van der Waals surface area contributed by atoms with E-state index in [1.807, 2.05) is 0 Å². The second-order valence-electron chi connectivity index (χ2n) is 6.85. The molecule has 0 fully saturated rings. The van der Waals surface area contributed by atoms with Gasteiger partial charge in [-0.25, -0.2) is 14.4 Å². The molecular formula is C22H18FN5O2S. The number of nitrogens with one attached hydrogen (secondary N) is 2. The molecule has 7 nitrogen and oxygen atoms in total. The second kappa shape index (κ2) is 8.97. The third kappa shape index (κ3) is 4.89. The Balaban J connectivity index is 1.67. The van der Waals surface area contributed by atoms with E-state index in [1.165, 1.54) is 29.5 Å². The van der Waals surface area contributed by atoms with E-state index in [1.54, 1.807) is 49.0 Å². The van der Waals surface area contributed by atoms with E-state index in [4.69, 9.17) is 0 Å². The van der Waals surface area contributed by atoms with E-state index in [0.717, 1.165) is 0 Å². The van der Waals surface area contributed by atoms with Crippen LogP contribution in [0.25, 0.3) is 11.5 Å². The Morgan fingerprint density at radius 2 is 2.00 bits per heavy atom. The summed E-state index contributed by atoms with van der Waals surface area (Å²) in [4.78, 5) is 41.1. The maximum Gasteiger partial charge on any atom is 0.263 e. The number of benzene rings is 1. The van der Waals surface area contributed by atoms with Gasteiger partial charge in [-0.05, 0) is 36.8 Å². The normalized spacial score (nSPS) is 11.8. The van der Waals surface area contributed by atoms with Gasteiger partial charge in [0.05, 0.1) is 22.9 Å². The van der Waals surface area contributed by atoms with Crippen LogP contribution in [0.2, 0.25) is 0 Å². The van der Waals surface area contributed by atoms with E-state index < -0.39 is 6.04 Å². The number of amides is 1. The molecule has 0 radical (unpaired) electrons. The minimum atomic E-state index is -0.527. The summed E-state index contributed by atoms with van der Waals surface area (Å²) in [6, 6.07) is 12.0. The molecular weight excluding hydrogens is 417 g/mol. The van der Waals surface area contributed by atoms with Crippen LogP contribution in [0.1, 0.15) is 32.7 Å². The van der Waals surface area contributed by atoms with Crippen molar-refractivity contribution in [1.29, 1.82) is 0 Å². The zero-order valence-corrected chi connectivity index (χ0v) is 17.3. The zero-order chi connectivity index (χ0) is 21.8. The van der Waals surface area contributed by atoms with Crippen molar-refractivity contribution in [2.45, 2.75) is 19.4 Å². The van der Waals surface area contributed by atoms with Crippen molar-refractivity contribution in [3.63, 3.8) is 0 Å². The zero-order valence-electron chi connectivity index (χ0n) is 16.5. The first-order chi connectivity index (χ1) is 15.0. The Bertz CT molecular complexity index is 1250. The third-order valence-corrected chi connectivity index (χ3v) is 5.57. The van der Waals surface area contributed by atoms with E-state index >= 15 is 0 Å². The molecule has 3 aromatic heterocycles. The molecule has 4 rings (SSSR count).